The van der Waals surface area contributed by atoms with Crippen LogP contribution in [-0.2, 0) is 4.79 Å². The molecule has 5 heteroatoms. The number of carbonyl (C=O) groups excluding carboxylic acids is 1. The molecule has 2 N–H and O–H groups in total. The molecule has 1 aromatic carbocycles. The Bertz CT molecular complexity index is 824. The monoisotopic (exact) mass is 321 g/mol. The second kappa shape index (κ2) is 5.06. The largest absolute Gasteiger partial charge is 0.457 e. The number of benzene rings is 1. The second-order valence-electron chi connectivity index (χ2n) is 6.76. The molecule has 0 bridgehead atoms. The van der Waals surface area contributed by atoms with Gasteiger partial charge in [0.2, 0.25) is 5.91 Å². The number of fused-ring (bicyclic) bond motifs is 2. The number of allylic oxidation sites excluding steroid dienone is 3. The van der Waals surface area contributed by atoms with Crippen molar-refractivity contribution in [1.29, 1.82) is 0 Å². The van der Waals surface area contributed by atoms with Crippen LogP contribution in [0.4, 0.5) is 0 Å². The smallest absolute Gasteiger partial charge is 0.231 e. The van der Waals surface area contributed by atoms with Crippen molar-refractivity contribution in [2.24, 2.45) is 5.92 Å². The fraction of sp³-hybridized carbons (Fsp3) is 0.316. The molecule has 122 valence electrons. The summed E-state index contributed by atoms with van der Waals surface area (Å²) in [6.07, 6.45) is 5.87. The van der Waals surface area contributed by atoms with E-state index in [1.165, 1.54) is 11.1 Å². The highest BCUT2D eigenvalue weighted by atomic mass is 16.5. The third-order valence-electron chi connectivity index (χ3n) is 5.30. The SMILES string of the molecule is CN1CC2C3=C4C(=CC=CC4C(=O)NCC3N1)Oc1ccccc12. The Kier molecular flexibility index (Phi) is 2.96. The molecule has 5 nitrogen and oxygen atoms in total. The minimum absolute atomic E-state index is 0.0477. The molecule has 0 saturated carbocycles. The first kappa shape index (κ1) is 14.0. The number of likely N-dealkylation sites (N-methyl/N-ethyl adjacent to an activating group) is 1. The molecule has 3 unspecified atom stereocenters. The van der Waals surface area contributed by atoms with Gasteiger partial charge < -0.3 is 10.1 Å². The lowest BCUT2D eigenvalue weighted by Gasteiger charge is -2.39. The van der Waals surface area contributed by atoms with E-state index >= 15 is 0 Å². The van der Waals surface area contributed by atoms with Crippen LogP contribution in [-0.4, -0.2) is 37.1 Å². The lowest BCUT2D eigenvalue weighted by molar-refractivity contribution is -0.122. The van der Waals surface area contributed by atoms with Gasteiger partial charge in [-0.05, 0) is 17.7 Å². The molecule has 5 rings (SSSR count). The van der Waals surface area contributed by atoms with E-state index in [0.717, 1.165) is 23.6 Å². The van der Waals surface area contributed by atoms with E-state index in [-0.39, 0.29) is 23.8 Å². The summed E-state index contributed by atoms with van der Waals surface area (Å²) in [5.41, 5.74) is 7.04. The summed E-state index contributed by atoms with van der Waals surface area (Å²) >= 11 is 0. The molecule has 1 amide bonds. The lowest BCUT2D eigenvalue weighted by atomic mass is 9.78. The Hall–Kier alpha value is -2.37. The first-order chi connectivity index (χ1) is 11.7. The fourth-order valence-corrected chi connectivity index (χ4v) is 4.32. The third-order valence-corrected chi connectivity index (χ3v) is 5.30. The van der Waals surface area contributed by atoms with Gasteiger partial charge in [-0.15, -0.1) is 0 Å². The summed E-state index contributed by atoms with van der Waals surface area (Å²) < 4.78 is 6.27. The summed E-state index contributed by atoms with van der Waals surface area (Å²) in [5, 5.41) is 5.19. The predicted molar refractivity (Wildman–Crippen MR) is 90.1 cm³/mol. The minimum atomic E-state index is -0.271. The maximum absolute atomic E-state index is 12.6. The van der Waals surface area contributed by atoms with Gasteiger partial charge in [-0.3, -0.25) is 4.79 Å². The minimum Gasteiger partial charge on any atom is -0.457 e. The van der Waals surface area contributed by atoms with Crippen molar-refractivity contribution in [2.75, 3.05) is 20.1 Å². The van der Waals surface area contributed by atoms with E-state index in [1.807, 2.05) is 30.4 Å². The molecule has 0 radical (unpaired) electrons. The number of para-hydroxylation sites is 1. The van der Waals surface area contributed by atoms with E-state index in [4.69, 9.17) is 4.74 Å². The van der Waals surface area contributed by atoms with Crippen molar-refractivity contribution >= 4 is 5.91 Å². The lowest BCUT2D eigenvalue weighted by Crippen LogP contribution is -2.54. The topological polar surface area (TPSA) is 53.6 Å². The predicted octanol–water partition coefficient (Wildman–Crippen LogP) is 1.48. The number of hydrazine groups is 1. The Morgan fingerprint density at radius 3 is 3.08 bits per heavy atom. The zero-order valence-corrected chi connectivity index (χ0v) is 13.5. The van der Waals surface area contributed by atoms with Crippen LogP contribution < -0.4 is 15.5 Å². The van der Waals surface area contributed by atoms with Gasteiger partial charge in [0.15, 0.2) is 0 Å². The average molecular weight is 321 g/mol. The van der Waals surface area contributed by atoms with Crippen molar-refractivity contribution in [3.63, 3.8) is 0 Å². The van der Waals surface area contributed by atoms with Crippen molar-refractivity contribution in [3.05, 3.63) is 65.0 Å². The van der Waals surface area contributed by atoms with Gasteiger partial charge in [0, 0.05) is 37.2 Å². The van der Waals surface area contributed by atoms with Crippen LogP contribution in [0.1, 0.15) is 11.5 Å². The van der Waals surface area contributed by atoms with Gasteiger partial charge in [0.05, 0.1) is 12.0 Å². The number of ether oxygens (including phenoxy) is 1. The molecule has 1 saturated heterocycles. The Labute approximate surface area is 140 Å². The van der Waals surface area contributed by atoms with Crippen molar-refractivity contribution in [2.45, 2.75) is 12.0 Å². The number of rotatable bonds is 0. The van der Waals surface area contributed by atoms with Crippen LogP contribution in [0.25, 0.3) is 0 Å². The average Bonchev–Trinajstić information content (AvgIpc) is 2.82. The Morgan fingerprint density at radius 1 is 1.29 bits per heavy atom. The van der Waals surface area contributed by atoms with Crippen LogP contribution in [0.15, 0.2) is 59.4 Å². The van der Waals surface area contributed by atoms with Gasteiger partial charge in [-0.25, -0.2) is 10.4 Å². The molecule has 3 aliphatic heterocycles. The van der Waals surface area contributed by atoms with Gasteiger partial charge in [-0.2, -0.15) is 0 Å². The van der Waals surface area contributed by atoms with Crippen molar-refractivity contribution in [1.82, 2.24) is 15.8 Å². The zero-order valence-electron chi connectivity index (χ0n) is 13.5. The first-order valence-electron chi connectivity index (χ1n) is 8.37. The highest BCUT2D eigenvalue weighted by Crippen LogP contribution is 2.46. The van der Waals surface area contributed by atoms with Crippen molar-refractivity contribution < 1.29 is 9.53 Å². The molecular weight excluding hydrogens is 302 g/mol. The molecule has 3 heterocycles. The maximum Gasteiger partial charge on any atom is 0.231 e. The van der Waals surface area contributed by atoms with Crippen molar-refractivity contribution in [3.8, 4) is 5.75 Å². The Balaban J connectivity index is 1.80. The normalized spacial score (nSPS) is 31.1. The van der Waals surface area contributed by atoms with E-state index in [9.17, 15) is 4.79 Å². The summed E-state index contributed by atoms with van der Waals surface area (Å²) in [6, 6.07) is 8.31. The van der Waals surface area contributed by atoms with E-state index in [1.54, 1.807) is 0 Å². The van der Waals surface area contributed by atoms with Gasteiger partial charge in [0.1, 0.15) is 11.5 Å². The fourth-order valence-electron chi connectivity index (χ4n) is 4.32. The summed E-state index contributed by atoms with van der Waals surface area (Å²) in [6.45, 7) is 1.45. The number of hydrogen-bond acceptors (Lipinski definition) is 4. The first-order valence-corrected chi connectivity index (χ1v) is 8.37. The summed E-state index contributed by atoms with van der Waals surface area (Å²) in [5.74, 6) is 1.70. The molecule has 3 atom stereocenters. The highest BCUT2D eigenvalue weighted by molar-refractivity contribution is 5.87. The van der Waals surface area contributed by atoms with Gasteiger partial charge in [0.25, 0.3) is 0 Å². The Morgan fingerprint density at radius 2 is 2.17 bits per heavy atom. The molecule has 0 spiro atoms. The van der Waals surface area contributed by atoms with E-state index in [2.05, 4.69) is 34.9 Å². The van der Waals surface area contributed by atoms with Crippen LogP contribution in [0.3, 0.4) is 0 Å². The highest BCUT2D eigenvalue weighted by Gasteiger charge is 2.43. The number of amides is 1. The van der Waals surface area contributed by atoms with E-state index in [0.29, 0.717) is 6.54 Å². The number of nitrogens with one attached hydrogen (secondary N) is 2. The van der Waals surface area contributed by atoms with Crippen LogP contribution in [0.2, 0.25) is 0 Å². The standard InChI is InChI=1S/C19H19N3O2/c1-22-10-13-11-5-2-3-7-15(11)24-16-8-4-6-12-18(16)17(13)14(21-22)9-20-19(12)23/h2-8,12-14,21H,9-10H2,1H3,(H,20,23). The third kappa shape index (κ3) is 1.92. The molecular formula is C19H19N3O2. The number of nitrogens with zero attached hydrogens (tertiary/aromatic N) is 1. The van der Waals surface area contributed by atoms with Crippen LogP contribution in [0, 0.1) is 5.92 Å². The molecule has 4 aliphatic rings. The second-order valence-corrected chi connectivity index (χ2v) is 6.76. The maximum atomic E-state index is 12.6. The molecule has 1 aliphatic carbocycles. The van der Waals surface area contributed by atoms with E-state index < -0.39 is 0 Å². The number of hydrogen-bond donors (Lipinski definition) is 2. The zero-order chi connectivity index (χ0) is 16.3. The number of carbonyl (C=O) groups is 1. The molecule has 0 aromatic heterocycles. The van der Waals surface area contributed by atoms with Gasteiger partial charge >= 0.3 is 0 Å². The van der Waals surface area contributed by atoms with Crippen LogP contribution >= 0.6 is 0 Å². The molecule has 1 fully saturated rings. The van der Waals surface area contributed by atoms with Crippen LogP contribution in [0.5, 0.6) is 5.75 Å². The quantitative estimate of drug-likeness (QED) is 0.760. The molecule has 1 aromatic rings. The summed E-state index contributed by atoms with van der Waals surface area (Å²) in [4.78, 5) is 12.6. The summed E-state index contributed by atoms with van der Waals surface area (Å²) in [7, 11) is 2.05. The van der Waals surface area contributed by atoms with Gasteiger partial charge in [-0.1, -0.05) is 30.4 Å². The molecule has 24 heavy (non-hydrogen) atoms.